The van der Waals surface area contributed by atoms with E-state index in [1.807, 2.05) is 12.1 Å². The number of rotatable bonds is 2. The van der Waals surface area contributed by atoms with E-state index in [1.54, 1.807) is 0 Å². The van der Waals surface area contributed by atoms with Crippen molar-refractivity contribution < 1.29 is 4.79 Å². The first-order valence-electron chi connectivity index (χ1n) is 6.79. The molecule has 100 valence electrons. The molecule has 0 amide bonds. The predicted octanol–water partition coefficient (Wildman–Crippen LogP) is 3.64. The largest absolute Gasteiger partial charge is 0.371 e. The number of nitrogens with one attached hydrogen (secondary N) is 1. The minimum atomic E-state index is -0.272. The topological polar surface area (TPSA) is 29.1 Å². The summed E-state index contributed by atoms with van der Waals surface area (Å²) in [6, 6.07) is 14.1. The monoisotopic (exact) mass is 263 g/mol. The number of aldehydes is 1. The van der Waals surface area contributed by atoms with Crippen molar-refractivity contribution in [1.29, 1.82) is 0 Å². The van der Waals surface area contributed by atoms with E-state index < -0.39 is 0 Å². The van der Waals surface area contributed by atoms with Crippen LogP contribution < -0.4 is 5.32 Å². The molecule has 2 aromatic carbocycles. The Bertz CT molecular complexity index is 683. The van der Waals surface area contributed by atoms with Crippen LogP contribution in [0.3, 0.4) is 0 Å². The van der Waals surface area contributed by atoms with E-state index in [1.165, 1.54) is 11.1 Å². The van der Waals surface area contributed by atoms with Gasteiger partial charge in [0, 0.05) is 5.70 Å². The van der Waals surface area contributed by atoms with Crippen LogP contribution in [0.5, 0.6) is 0 Å². The minimum Gasteiger partial charge on any atom is -0.371 e. The fourth-order valence-corrected chi connectivity index (χ4v) is 2.61. The van der Waals surface area contributed by atoms with E-state index in [0.717, 1.165) is 28.7 Å². The Kier molecular flexibility index (Phi) is 3.15. The lowest BCUT2D eigenvalue weighted by Crippen LogP contribution is -2.25. The molecule has 20 heavy (non-hydrogen) atoms. The first-order chi connectivity index (χ1) is 9.69. The van der Waals surface area contributed by atoms with Gasteiger partial charge in [-0.15, -0.1) is 0 Å². The van der Waals surface area contributed by atoms with Gasteiger partial charge in [-0.1, -0.05) is 48.0 Å². The van der Waals surface area contributed by atoms with Gasteiger partial charge in [0.1, 0.15) is 12.3 Å². The zero-order valence-corrected chi connectivity index (χ0v) is 11.7. The standard InChI is InChI=1S/C18H17NO/c1-12-6-8-14(9-7-12)17-10-16-13(2)4-3-5-15(16)18(11-20)19-17/h3-11,18-19H,1-2H3. The normalized spacial score (nSPS) is 16.9. The van der Waals surface area contributed by atoms with Gasteiger partial charge in [-0.2, -0.15) is 0 Å². The molecular formula is C18H17NO. The molecule has 2 aromatic rings. The molecule has 0 fully saturated rings. The van der Waals surface area contributed by atoms with Gasteiger partial charge in [-0.3, -0.25) is 0 Å². The molecule has 0 saturated heterocycles. The maximum absolute atomic E-state index is 11.4. The van der Waals surface area contributed by atoms with Crippen LogP contribution in [-0.2, 0) is 4.79 Å². The molecule has 2 heteroatoms. The summed E-state index contributed by atoms with van der Waals surface area (Å²) in [5.41, 5.74) is 6.74. The third-order valence-electron chi connectivity index (χ3n) is 3.79. The SMILES string of the molecule is Cc1ccc(C2=Cc3c(C)cccc3C(C=O)N2)cc1. The second-order valence-corrected chi connectivity index (χ2v) is 5.26. The van der Waals surface area contributed by atoms with Crippen molar-refractivity contribution in [2.75, 3.05) is 0 Å². The highest BCUT2D eigenvalue weighted by Crippen LogP contribution is 2.31. The van der Waals surface area contributed by atoms with E-state index in [2.05, 4.69) is 55.6 Å². The number of benzene rings is 2. The molecule has 2 nitrogen and oxygen atoms in total. The molecule has 1 aliphatic heterocycles. The average Bonchev–Trinajstić information content (AvgIpc) is 2.47. The highest BCUT2D eigenvalue weighted by Gasteiger charge is 2.21. The van der Waals surface area contributed by atoms with Crippen LogP contribution in [-0.4, -0.2) is 6.29 Å². The van der Waals surface area contributed by atoms with Gasteiger partial charge in [-0.05, 0) is 42.2 Å². The highest BCUT2D eigenvalue weighted by atomic mass is 16.1. The third kappa shape index (κ3) is 2.14. The van der Waals surface area contributed by atoms with Crippen LogP contribution in [0.4, 0.5) is 0 Å². The Morgan fingerprint density at radius 1 is 1.05 bits per heavy atom. The Labute approximate surface area is 119 Å². The quantitative estimate of drug-likeness (QED) is 0.838. The molecule has 0 radical (unpaired) electrons. The van der Waals surface area contributed by atoms with Gasteiger partial charge >= 0.3 is 0 Å². The Morgan fingerprint density at radius 2 is 1.80 bits per heavy atom. The first-order valence-corrected chi connectivity index (χ1v) is 6.79. The number of carbonyl (C=O) groups excluding carboxylic acids is 1. The Hall–Kier alpha value is -2.35. The van der Waals surface area contributed by atoms with Gasteiger partial charge in [0.25, 0.3) is 0 Å². The fourth-order valence-electron chi connectivity index (χ4n) is 2.61. The molecule has 0 saturated carbocycles. The van der Waals surface area contributed by atoms with Gasteiger partial charge < -0.3 is 10.1 Å². The lowest BCUT2D eigenvalue weighted by atomic mass is 9.91. The maximum Gasteiger partial charge on any atom is 0.146 e. The lowest BCUT2D eigenvalue weighted by Gasteiger charge is -2.25. The summed E-state index contributed by atoms with van der Waals surface area (Å²) >= 11 is 0. The summed E-state index contributed by atoms with van der Waals surface area (Å²) in [5, 5.41) is 3.32. The number of hydrogen-bond donors (Lipinski definition) is 1. The lowest BCUT2D eigenvalue weighted by molar-refractivity contribution is -0.109. The molecule has 1 heterocycles. The maximum atomic E-state index is 11.4. The summed E-state index contributed by atoms with van der Waals surface area (Å²) < 4.78 is 0. The van der Waals surface area contributed by atoms with E-state index in [-0.39, 0.29) is 6.04 Å². The third-order valence-corrected chi connectivity index (χ3v) is 3.79. The molecule has 1 aliphatic rings. The molecule has 0 spiro atoms. The highest BCUT2D eigenvalue weighted by molar-refractivity contribution is 5.88. The van der Waals surface area contributed by atoms with Gasteiger partial charge in [0.05, 0.1) is 0 Å². The zero-order chi connectivity index (χ0) is 14.1. The van der Waals surface area contributed by atoms with E-state index in [4.69, 9.17) is 0 Å². The second-order valence-electron chi connectivity index (χ2n) is 5.26. The number of hydrogen-bond acceptors (Lipinski definition) is 2. The van der Waals surface area contributed by atoms with Crippen molar-refractivity contribution in [3.63, 3.8) is 0 Å². The molecular weight excluding hydrogens is 246 g/mol. The molecule has 1 N–H and O–H groups in total. The number of fused-ring (bicyclic) bond motifs is 1. The van der Waals surface area contributed by atoms with Crippen LogP contribution >= 0.6 is 0 Å². The second kappa shape index (κ2) is 4.97. The molecule has 1 unspecified atom stereocenters. The molecule has 1 atom stereocenters. The molecule has 0 bridgehead atoms. The summed E-state index contributed by atoms with van der Waals surface area (Å²) in [6.45, 7) is 4.15. The smallest absolute Gasteiger partial charge is 0.146 e. The van der Waals surface area contributed by atoms with Crippen LogP contribution in [0.15, 0.2) is 42.5 Å². The Morgan fingerprint density at radius 3 is 2.50 bits per heavy atom. The van der Waals surface area contributed by atoms with Crippen molar-refractivity contribution in [2.45, 2.75) is 19.9 Å². The van der Waals surface area contributed by atoms with Crippen molar-refractivity contribution in [3.05, 3.63) is 70.3 Å². The Balaban J connectivity index is 2.12. The van der Waals surface area contributed by atoms with Crippen LogP contribution in [0.25, 0.3) is 11.8 Å². The molecule has 0 aromatic heterocycles. The van der Waals surface area contributed by atoms with E-state index in [0.29, 0.717) is 0 Å². The first kappa shape index (κ1) is 12.7. The number of aryl methyl sites for hydroxylation is 2. The van der Waals surface area contributed by atoms with E-state index >= 15 is 0 Å². The minimum absolute atomic E-state index is 0.272. The van der Waals surface area contributed by atoms with E-state index in [9.17, 15) is 4.79 Å². The van der Waals surface area contributed by atoms with Crippen molar-refractivity contribution in [2.24, 2.45) is 0 Å². The molecule has 3 rings (SSSR count). The van der Waals surface area contributed by atoms with Gasteiger partial charge in [-0.25, -0.2) is 0 Å². The summed E-state index contributed by atoms with van der Waals surface area (Å²) in [4.78, 5) is 11.4. The van der Waals surface area contributed by atoms with Crippen LogP contribution in [0.2, 0.25) is 0 Å². The summed E-state index contributed by atoms with van der Waals surface area (Å²) in [6.07, 6.45) is 3.11. The van der Waals surface area contributed by atoms with Crippen molar-refractivity contribution >= 4 is 18.1 Å². The predicted molar refractivity (Wildman–Crippen MR) is 82.2 cm³/mol. The van der Waals surface area contributed by atoms with Gasteiger partial charge in [0.15, 0.2) is 0 Å². The van der Waals surface area contributed by atoms with Gasteiger partial charge in [0.2, 0.25) is 0 Å². The summed E-state index contributed by atoms with van der Waals surface area (Å²) in [5.74, 6) is 0. The van der Waals surface area contributed by atoms with Crippen LogP contribution in [0.1, 0.15) is 33.9 Å². The van der Waals surface area contributed by atoms with Crippen molar-refractivity contribution in [3.8, 4) is 0 Å². The zero-order valence-electron chi connectivity index (χ0n) is 11.7. The van der Waals surface area contributed by atoms with Crippen molar-refractivity contribution in [1.82, 2.24) is 5.32 Å². The number of carbonyl (C=O) groups is 1. The fraction of sp³-hybridized carbons (Fsp3) is 0.167. The average molecular weight is 263 g/mol. The summed E-state index contributed by atoms with van der Waals surface area (Å²) in [7, 11) is 0. The molecule has 0 aliphatic carbocycles. The van der Waals surface area contributed by atoms with Crippen LogP contribution in [0, 0.1) is 13.8 Å².